The molecule has 0 bridgehead atoms. The number of hydrogen-bond acceptors (Lipinski definition) is 3. The average Bonchev–Trinajstić information content (AvgIpc) is 3.38. The van der Waals surface area contributed by atoms with Crippen LogP contribution in [0.2, 0.25) is 0 Å². The first-order valence-corrected chi connectivity index (χ1v) is 12.2. The lowest BCUT2D eigenvalue weighted by molar-refractivity contribution is 0.384. The Bertz CT molecular complexity index is 1860. The topological polar surface area (TPSA) is 99.4 Å². The molecule has 2 aromatic heterocycles. The molecule has 0 amide bonds. The molecule has 0 radical (unpaired) electrons. The van der Waals surface area contributed by atoms with Crippen molar-refractivity contribution in [1.29, 1.82) is 5.26 Å². The van der Waals surface area contributed by atoms with Crippen LogP contribution in [-0.4, -0.2) is 14.4 Å². The molecule has 0 unspecified atom stereocenters. The number of para-hydroxylation sites is 2. The molecule has 34 heavy (non-hydrogen) atoms. The highest BCUT2D eigenvalue weighted by Crippen LogP contribution is 2.45. The Labute approximate surface area is 193 Å². The van der Waals surface area contributed by atoms with Gasteiger partial charge in [-0.05, 0) is 48.0 Å². The molecule has 0 spiro atoms. The van der Waals surface area contributed by atoms with Crippen LogP contribution in [-0.2, 0) is 4.57 Å². The lowest BCUT2D eigenvalue weighted by atomic mass is 10.1. The van der Waals surface area contributed by atoms with E-state index in [1.807, 2.05) is 42.5 Å². The van der Waals surface area contributed by atoms with Crippen molar-refractivity contribution >= 4 is 57.4 Å². The molecule has 7 heteroatoms. The minimum Gasteiger partial charge on any atom is -0.455 e. The fraction of sp³-hybridized carbons (Fsp3) is 0. The van der Waals surface area contributed by atoms with E-state index in [-0.39, 0.29) is 0 Å². The number of nitrogens with zero attached hydrogens (tertiary/aromatic N) is 2. The molecule has 0 saturated heterocycles. The summed E-state index contributed by atoms with van der Waals surface area (Å²) in [5.41, 5.74) is 5.10. The van der Waals surface area contributed by atoms with Gasteiger partial charge in [0.05, 0.1) is 16.4 Å². The van der Waals surface area contributed by atoms with Crippen molar-refractivity contribution in [3.8, 4) is 11.8 Å². The van der Waals surface area contributed by atoms with Gasteiger partial charge in [-0.1, -0.05) is 48.5 Å². The first-order chi connectivity index (χ1) is 16.5. The molecule has 6 rings (SSSR count). The van der Waals surface area contributed by atoms with E-state index in [1.54, 1.807) is 18.2 Å². The second-order valence-electron chi connectivity index (χ2n) is 8.06. The number of aromatic nitrogens is 1. The standard InChI is InChI=1S/C27H17N2O4P/c28-16-19(34(30,31)32)15-17-9-11-18(12-10-17)29-23-7-3-1-6-22(23)26-24(29)14-13-21-20-5-2-4-8-25(20)33-27(21)26/h1-15H,(H2,30,31,32). The number of benzene rings is 4. The number of furan rings is 1. The van der Waals surface area contributed by atoms with Crippen molar-refractivity contribution in [2.24, 2.45) is 0 Å². The molecule has 4 aromatic carbocycles. The van der Waals surface area contributed by atoms with E-state index < -0.39 is 12.9 Å². The van der Waals surface area contributed by atoms with Crippen LogP contribution in [0, 0.1) is 11.3 Å². The Morgan fingerprint density at radius 2 is 1.56 bits per heavy atom. The minimum atomic E-state index is -4.62. The van der Waals surface area contributed by atoms with Crippen LogP contribution < -0.4 is 0 Å². The average molecular weight is 464 g/mol. The normalized spacial score (nSPS) is 12.7. The van der Waals surface area contributed by atoms with Crippen molar-refractivity contribution < 1.29 is 18.8 Å². The van der Waals surface area contributed by atoms with Crippen molar-refractivity contribution in [2.75, 3.05) is 0 Å². The predicted octanol–water partition coefficient (Wildman–Crippen LogP) is 6.73. The molecular formula is C27H17N2O4P. The second-order valence-corrected chi connectivity index (χ2v) is 9.63. The Kier molecular flexibility index (Phi) is 4.48. The van der Waals surface area contributed by atoms with Crippen molar-refractivity contribution in [1.82, 2.24) is 4.57 Å². The van der Waals surface area contributed by atoms with Crippen molar-refractivity contribution in [3.05, 3.63) is 95.8 Å². The molecular weight excluding hydrogens is 447 g/mol. The second kappa shape index (κ2) is 7.44. The van der Waals surface area contributed by atoms with Gasteiger partial charge in [0.1, 0.15) is 22.5 Å². The monoisotopic (exact) mass is 464 g/mol. The van der Waals surface area contributed by atoms with E-state index in [0.717, 1.165) is 49.4 Å². The van der Waals surface area contributed by atoms with Gasteiger partial charge in [-0.3, -0.25) is 4.57 Å². The SMILES string of the molecule is N#CC(=Cc1ccc(-n2c3ccccc3c3c4oc5ccccc5c4ccc32)cc1)P(=O)(O)O. The number of fused-ring (bicyclic) bond motifs is 7. The molecule has 6 nitrogen and oxygen atoms in total. The molecule has 2 heterocycles. The van der Waals surface area contributed by atoms with Crippen LogP contribution in [0.15, 0.2) is 94.7 Å². The van der Waals surface area contributed by atoms with Crippen molar-refractivity contribution in [3.63, 3.8) is 0 Å². The zero-order valence-corrected chi connectivity index (χ0v) is 18.6. The lowest BCUT2D eigenvalue weighted by Gasteiger charge is -2.08. The van der Waals surface area contributed by atoms with Crippen LogP contribution in [0.5, 0.6) is 0 Å². The highest BCUT2D eigenvalue weighted by Gasteiger charge is 2.21. The molecule has 0 fully saturated rings. The van der Waals surface area contributed by atoms with E-state index >= 15 is 0 Å². The summed E-state index contributed by atoms with van der Waals surface area (Å²) in [4.78, 5) is 18.7. The summed E-state index contributed by atoms with van der Waals surface area (Å²) in [7, 11) is -4.62. The van der Waals surface area contributed by atoms with Gasteiger partial charge in [0.25, 0.3) is 0 Å². The molecule has 0 aliphatic rings. The van der Waals surface area contributed by atoms with E-state index in [0.29, 0.717) is 5.56 Å². The van der Waals surface area contributed by atoms with Crippen LogP contribution >= 0.6 is 7.60 Å². The molecule has 6 aromatic rings. The van der Waals surface area contributed by atoms with Gasteiger partial charge in [0.15, 0.2) is 0 Å². The van der Waals surface area contributed by atoms with E-state index in [9.17, 15) is 14.4 Å². The number of rotatable bonds is 3. The number of allylic oxidation sites excluding steroid dienone is 1. The van der Waals surface area contributed by atoms with E-state index in [4.69, 9.17) is 9.68 Å². The van der Waals surface area contributed by atoms with Gasteiger partial charge >= 0.3 is 7.60 Å². The van der Waals surface area contributed by atoms with E-state index in [1.165, 1.54) is 6.08 Å². The Hall–Kier alpha value is -4.14. The molecule has 0 saturated carbocycles. The summed E-state index contributed by atoms with van der Waals surface area (Å²) < 4.78 is 19.9. The number of hydrogen-bond donors (Lipinski definition) is 2. The maximum atomic E-state index is 11.5. The Balaban J connectivity index is 1.60. The smallest absolute Gasteiger partial charge is 0.366 e. The third-order valence-electron chi connectivity index (χ3n) is 6.06. The molecule has 0 aliphatic heterocycles. The zero-order valence-electron chi connectivity index (χ0n) is 17.7. The van der Waals surface area contributed by atoms with Crippen LogP contribution in [0.4, 0.5) is 0 Å². The van der Waals surface area contributed by atoms with Gasteiger partial charge in [-0.2, -0.15) is 5.26 Å². The highest BCUT2D eigenvalue weighted by molar-refractivity contribution is 7.57. The van der Waals surface area contributed by atoms with E-state index in [2.05, 4.69) is 34.9 Å². The summed E-state index contributed by atoms with van der Waals surface area (Å²) in [6.45, 7) is 0. The summed E-state index contributed by atoms with van der Waals surface area (Å²) in [6, 6.07) is 29.1. The van der Waals surface area contributed by atoms with Crippen molar-refractivity contribution in [2.45, 2.75) is 0 Å². The maximum absolute atomic E-state index is 11.5. The summed E-state index contributed by atoms with van der Waals surface area (Å²) in [5, 5.41) is 12.8. The quantitative estimate of drug-likeness (QED) is 0.224. The van der Waals surface area contributed by atoms with Gasteiger partial charge in [0.2, 0.25) is 0 Å². The Morgan fingerprint density at radius 1 is 0.853 bits per heavy atom. The Morgan fingerprint density at radius 3 is 2.29 bits per heavy atom. The summed E-state index contributed by atoms with van der Waals surface area (Å²) in [5.74, 6) is 0. The molecule has 2 N–H and O–H groups in total. The van der Waals surface area contributed by atoms with Crippen LogP contribution in [0.3, 0.4) is 0 Å². The third-order valence-corrected chi connectivity index (χ3v) is 6.92. The van der Waals surface area contributed by atoms with Gasteiger partial charge in [-0.25, -0.2) is 0 Å². The first-order valence-electron chi connectivity index (χ1n) is 10.6. The molecule has 164 valence electrons. The predicted molar refractivity (Wildman–Crippen MR) is 134 cm³/mol. The zero-order chi connectivity index (χ0) is 23.4. The molecule has 0 aliphatic carbocycles. The minimum absolute atomic E-state index is 0.532. The fourth-order valence-electron chi connectivity index (χ4n) is 4.57. The van der Waals surface area contributed by atoms with Gasteiger partial charge in [0, 0.05) is 21.8 Å². The third kappa shape index (κ3) is 3.07. The lowest BCUT2D eigenvalue weighted by Crippen LogP contribution is -1.93. The number of nitriles is 1. The summed E-state index contributed by atoms with van der Waals surface area (Å²) in [6.07, 6.45) is 1.22. The largest absolute Gasteiger partial charge is 0.455 e. The maximum Gasteiger partial charge on any atom is 0.366 e. The first kappa shape index (κ1) is 20.5. The molecule has 0 atom stereocenters. The van der Waals surface area contributed by atoms with Gasteiger partial charge in [-0.15, -0.1) is 0 Å². The van der Waals surface area contributed by atoms with Crippen LogP contribution in [0.1, 0.15) is 5.56 Å². The summed E-state index contributed by atoms with van der Waals surface area (Å²) >= 11 is 0. The van der Waals surface area contributed by atoms with Gasteiger partial charge < -0.3 is 18.8 Å². The fourth-order valence-corrected chi connectivity index (χ4v) is 5.02. The van der Waals surface area contributed by atoms with Crippen LogP contribution in [0.25, 0.3) is 55.5 Å². The highest BCUT2D eigenvalue weighted by atomic mass is 31.2.